The van der Waals surface area contributed by atoms with Gasteiger partial charge < -0.3 is 10.2 Å². The zero-order valence-corrected chi connectivity index (χ0v) is 18.3. The number of hydrogen-bond donors (Lipinski definition) is 1. The number of rotatable bonds is 5. The third kappa shape index (κ3) is 4.08. The van der Waals surface area contributed by atoms with Crippen molar-refractivity contribution in [1.82, 2.24) is 15.1 Å². The number of sulfone groups is 1. The zero-order chi connectivity index (χ0) is 21.6. The van der Waals surface area contributed by atoms with Crippen LogP contribution in [0.15, 0.2) is 18.2 Å². The lowest BCUT2D eigenvalue weighted by atomic mass is 9.92. The molecule has 29 heavy (non-hydrogen) atoms. The van der Waals surface area contributed by atoms with Crippen molar-refractivity contribution in [3.8, 4) is 0 Å². The van der Waals surface area contributed by atoms with Crippen molar-refractivity contribution in [1.29, 1.82) is 0 Å². The monoisotopic (exact) mass is 461 g/mol. The van der Waals surface area contributed by atoms with Crippen LogP contribution >= 0.6 is 23.2 Å². The number of carbonyl (C=O) groups is 3. The van der Waals surface area contributed by atoms with Crippen LogP contribution in [0.1, 0.15) is 25.8 Å². The SMILES string of the molecule is CCN(C(=O)CN1C(=O)N[C@@](C)(c2ccc(Cl)cc2Cl)C1=O)[C@@H]1CCS(=O)(=O)C1. The molecular weight excluding hydrogens is 441 g/mol. The number of nitrogens with zero attached hydrogens (tertiary/aromatic N) is 2. The van der Waals surface area contributed by atoms with Gasteiger partial charge in [-0.1, -0.05) is 29.3 Å². The maximum absolute atomic E-state index is 13.0. The minimum absolute atomic E-state index is 0.0255. The first-order chi connectivity index (χ1) is 13.5. The summed E-state index contributed by atoms with van der Waals surface area (Å²) in [7, 11) is -3.17. The molecule has 0 unspecified atom stereocenters. The van der Waals surface area contributed by atoms with Crippen LogP contribution in [-0.2, 0) is 25.0 Å². The van der Waals surface area contributed by atoms with Crippen molar-refractivity contribution < 1.29 is 22.8 Å². The van der Waals surface area contributed by atoms with E-state index >= 15 is 0 Å². The number of carbonyl (C=O) groups excluding carboxylic acids is 3. The first-order valence-electron chi connectivity index (χ1n) is 9.08. The Morgan fingerprint density at radius 2 is 2.03 bits per heavy atom. The highest BCUT2D eigenvalue weighted by atomic mass is 35.5. The van der Waals surface area contributed by atoms with Gasteiger partial charge >= 0.3 is 6.03 Å². The number of nitrogens with one attached hydrogen (secondary N) is 1. The van der Waals surface area contributed by atoms with Crippen molar-refractivity contribution >= 4 is 50.9 Å². The Kier molecular flexibility index (Phi) is 5.86. The Bertz CT molecular complexity index is 984. The van der Waals surface area contributed by atoms with Crippen LogP contribution in [0.25, 0.3) is 0 Å². The lowest BCUT2D eigenvalue weighted by molar-refractivity contribution is -0.139. The van der Waals surface area contributed by atoms with Gasteiger partial charge in [0.25, 0.3) is 5.91 Å². The van der Waals surface area contributed by atoms with Crippen molar-refractivity contribution in [2.45, 2.75) is 31.8 Å². The minimum Gasteiger partial charge on any atom is -0.337 e. The second kappa shape index (κ2) is 7.77. The Morgan fingerprint density at radius 3 is 2.59 bits per heavy atom. The van der Waals surface area contributed by atoms with E-state index in [0.717, 1.165) is 4.90 Å². The van der Waals surface area contributed by atoms with E-state index in [1.165, 1.54) is 17.9 Å². The Labute approximate surface area is 179 Å². The summed E-state index contributed by atoms with van der Waals surface area (Å²) in [6, 6.07) is 3.41. The second-order valence-corrected chi connectivity index (χ2v) is 10.4. The molecule has 0 aromatic heterocycles. The molecule has 158 valence electrons. The molecule has 0 spiro atoms. The molecule has 1 aromatic rings. The lowest BCUT2D eigenvalue weighted by Crippen LogP contribution is -2.48. The zero-order valence-electron chi connectivity index (χ0n) is 15.9. The van der Waals surface area contributed by atoms with Crippen molar-refractivity contribution in [3.63, 3.8) is 0 Å². The van der Waals surface area contributed by atoms with E-state index in [-0.39, 0.29) is 23.1 Å². The number of likely N-dealkylation sites (N-methyl/N-ethyl adjacent to an activating group) is 1. The number of urea groups is 1. The normalized spacial score (nSPS) is 25.9. The van der Waals surface area contributed by atoms with Crippen LogP contribution in [0.2, 0.25) is 10.0 Å². The van der Waals surface area contributed by atoms with Gasteiger partial charge in [0.05, 0.1) is 11.5 Å². The van der Waals surface area contributed by atoms with Crippen molar-refractivity contribution in [2.75, 3.05) is 24.6 Å². The summed E-state index contributed by atoms with van der Waals surface area (Å²) in [4.78, 5) is 40.5. The molecule has 2 fully saturated rings. The number of benzene rings is 1. The van der Waals surface area contributed by atoms with Gasteiger partial charge in [-0.25, -0.2) is 13.2 Å². The lowest BCUT2D eigenvalue weighted by Gasteiger charge is -2.28. The van der Waals surface area contributed by atoms with E-state index < -0.39 is 45.8 Å². The molecule has 0 radical (unpaired) electrons. The summed E-state index contributed by atoms with van der Waals surface area (Å²) >= 11 is 12.1. The summed E-state index contributed by atoms with van der Waals surface area (Å²) in [5.74, 6) is -1.18. The highest BCUT2D eigenvalue weighted by Gasteiger charge is 2.51. The Hall–Kier alpha value is -1.84. The molecule has 0 aliphatic carbocycles. The van der Waals surface area contributed by atoms with E-state index in [0.29, 0.717) is 17.0 Å². The molecule has 2 aliphatic rings. The molecule has 1 aromatic carbocycles. The molecule has 4 amide bonds. The average Bonchev–Trinajstić information content (AvgIpc) is 3.07. The van der Waals surface area contributed by atoms with Crippen LogP contribution in [0, 0.1) is 0 Å². The molecule has 0 saturated carbocycles. The van der Waals surface area contributed by atoms with E-state index in [4.69, 9.17) is 23.2 Å². The molecule has 2 atom stereocenters. The third-order valence-electron chi connectivity index (χ3n) is 5.35. The minimum atomic E-state index is -3.17. The number of amides is 4. The molecule has 3 rings (SSSR count). The molecule has 2 heterocycles. The smallest absolute Gasteiger partial charge is 0.325 e. The van der Waals surface area contributed by atoms with E-state index in [2.05, 4.69) is 5.32 Å². The first kappa shape index (κ1) is 21.9. The van der Waals surface area contributed by atoms with E-state index in [1.54, 1.807) is 19.1 Å². The summed E-state index contributed by atoms with van der Waals surface area (Å²) in [5.41, 5.74) is -1.07. The number of halogens is 2. The van der Waals surface area contributed by atoms with Gasteiger partial charge in [-0.2, -0.15) is 0 Å². The fourth-order valence-electron chi connectivity index (χ4n) is 3.80. The molecular formula is C18H21Cl2N3O5S. The van der Waals surface area contributed by atoms with Crippen molar-refractivity contribution in [3.05, 3.63) is 33.8 Å². The molecule has 2 aliphatic heterocycles. The molecule has 11 heteroatoms. The second-order valence-electron chi connectivity index (χ2n) is 7.31. The number of hydrogen-bond acceptors (Lipinski definition) is 5. The third-order valence-corrected chi connectivity index (χ3v) is 7.65. The van der Waals surface area contributed by atoms with Gasteiger partial charge in [-0.3, -0.25) is 14.5 Å². The maximum Gasteiger partial charge on any atom is 0.325 e. The first-order valence-corrected chi connectivity index (χ1v) is 11.7. The van der Waals surface area contributed by atoms with Gasteiger partial charge in [0.2, 0.25) is 5.91 Å². The van der Waals surface area contributed by atoms with Crippen molar-refractivity contribution in [2.24, 2.45) is 0 Å². The quantitative estimate of drug-likeness (QED) is 0.673. The van der Waals surface area contributed by atoms with Gasteiger partial charge in [-0.05, 0) is 32.4 Å². The van der Waals surface area contributed by atoms with E-state index in [1.807, 2.05) is 0 Å². The highest BCUT2D eigenvalue weighted by Crippen LogP contribution is 2.35. The fraction of sp³-hybridized carbons (Fsp3) is 0.500. The average molecular weight is 462 g/mol. The van der Waals surface area contributed by atoms with Crippen LogP contribution in [0.5, 0.6) is 0 Å². The van der Waals surface area contributed by atoms with Crippen LogP contribution in [-0.4, -0.2) is 66.7 Å². The van der Waals surface area contributed by atoms with Gasteiger partial charge in [-0.15, -0.1) is 0 Å². The molecule has 0 bridgehead atoms. The van der Waals surface area contributed by atoms with Gasteiger partial charge in [0.15, 0.2) is 9.84 Å². The van der Waals surface area contributed by atoms with Crippen LogP contribution in [0.4, 0.5) is 4.79 Å². The Balaban J connectivity index is 1.80. The Morgan fingerprint density at radius 1 is 1.34 bits per heavy atom. The summed E-state index contributed by atoms with van der Waals surface area (Å²) in [6.07, 6.45) is 0.347. The van der Waals surface area contributed by atoms with E-state index in [9.17, 15) is 22.8 Å². The topological polar surface area (TPSA) is 104 Å². The standard InChI is InChI=1S/C18H21Cl2N3O5S/c1-3-22(12-6-7-29(27,28)10-12)15(24)9-23-16(25)18(2,21-17(23)26)13-5-4-11(19)8-14(13)20/h4-5,8,12H,3,6-7,9-10H2,1-2H3,(H,21,26)/t12-,18+/m1/s1. The molecule has 2 saturated heterocycles. The van der Waals surface area contributed by atoms with Gasteiger partial charge in [0, 0.05) is 28.2 Å². The predicted molar refractivity (Wildman–Crippen MR) is 109 cm³/mol. The fourth-order valence-corrected chi connectivity index (χ4v) is 6.13. The van der Waals surface area contributed by atoms with Crippen LogP contribution < -0.4 is 5.32 Å². The van der Waals surface area contributed by atoms with Crippen LogP contribution in [0.3, 0.4) is 0 Å². The highest BCUT2D eigenvalue weighted by molar-refractivity contribution is 7.91. The molecule has 1 N–H and O–H groups in total. The molecule has 8 nitrogen and oxygen atoms in total. The maximum atomic E-state index is 13.0. The number of imide groups is 1. The van der Waals surface area contributed by atoms with Gasteiger partial charge in [0.1, 0.15) is 12.1 Å². The summed E-state index contributed by atoms with van der Waals surface area (Å²) < 4.78 is 23.5. The summed E-state index contributed by atoms with van der Waals surface area (Å²) in [5, 5.41) is 3.20. The predicted octanol–water partition coefficient (Wildman–Crippen LogP) is 1.80. The summed E-state index contributed by atoms with van der Waals surface area (Å²) in [6.45, 7) is 3.04. The largest absolute Gasteiger partial charge is 0.337 e.